The maximum atomic E-state index is 12.2. The number of rotatable bonds is 3. The van der Waals surface area contributed by atoms with Gasteiger partial charge in [0.05, 0.1) is 0 Å². The first-order chi connectivity index (χ1) is 9.25. The molecule has 0 N–H and O–H groups in total. The van der Waals surface area contributed by atoms with Gasteiger partial charge in [-0.3, -0.25) is 14.5 Å². The van der Waals surface area contributed by atoms with E-state index < -0.39 is 0 Å². The summed E-state index contributed by atoms with van der Waals surface area (Å²) in [6, 6.07) is 7.50. The van der Waals surface area contributed by atoms with Crippen molar-refractivity contribution in [2.45, 2.75) is 18.9 Å². The summed E-state index contributed by atoms with van der Waals surface area (Å²) in [5.41, 5.74) is 1.07. The molecule has 0 bridgehead atoms. The lowest BCUT2D eigenvalue weighted by Gasteiger charge is -2.40. The van der Waals surface area contributed by atoms with Crippen molar-refractivity contribution < 1.29 is 4.79 Å². The highest BCUT2D eigenvalue weighted by Gasteiger charge is 2.34. The molecule has 0 unspecified atom stereocenters. The largest absolute Gasteiger partial charge is 0.339 e. The fourth-order valence-electron chi connectivity index (χ4n) is 2.35. The molecule has 2 aromatic heterocycles. The smallest absolute Gasteiger partial charge is 0.247 e. The summed E-state index contributed by atoms with van der Waals surface area (Å²) < 4.78 is 1.69. The van der Waals surface area contributed by atoms with Gasteiger partial charge < -0.3 is 4.90 Å². The fourth-order valence-corrected chi connectivity index (χ4v) is 2.35. The van der Waals surface area contributed by atoms with Gasteiger partial charge in [-0.2, -0.15) is 5.10 Å². The van der Waals surface area contributed by atoms with Crippen molar-refractivity contribution in [3.63, 3.8) is 0 Å². The Balaban J connectivity index is 1.60. The third-order valence-electron chi connectivity index (χ3n) is 3.58. The molecule has 2 aromatic rings. The molecule has 1 aliphatic heterocycles. The predicted octanol–water partition coefficient (Wildman–Crippen LogP) is 1.47. The van der Waals surface area contributed by atoms with Crippen LogP contribution in [-0.2, 0) is 4.79 Å². The number of amides is 1. The van der Waals surface area contributed by atoms with Gasteiger partial charge in [0.1, 0.15) is 6.04 Å². The van der Waals surface area contributed by atoms with Gasteiger partial charge in [0.2, 0.25) is 5.91 Å². The predicted molar refractivity (Wildman–Crippen MR) is 70.5 cm³/mol. The standard InChI is InChI=1S/C14H16N4O/c1-11(18-8-4-7-16-18)14(19)17-9-12(10-17)13-5-2-3-6-15-13/h2-8,11-12H,9-10H2,1H3/t11-/m0/s1. The molecule has 0 aromatic carbocycles. The molecule has 1 saturated heterocycles. The van der Waals surface area contributed by atoms with E-state index in [4.69, 9.17) is 0 Å². The molecule has 0 spiro atoms. The van der Waals surface area contributed by atoms with Gasteiger partial charge in [0.15, 0.2) is 0 Å². The van der Waals surface area contributed by atoms with Crippen molar-refractivity contribution in [3.8, 4) is 0 Å². The molecule has 0 radical (unpaired) electrons. The lowest BCUT2D eigenvalue weighted by Crippen LogP contribution is -2.50. The quantitative estimate of drug-likeness (QED) is 0.835. The van der Waals surface area contributed by atoms with Gasteiger partial charge in [0, 0.05) is 43.3 Å². The average Bonchev–Trinajstić information content (AvgIpc) is 2.91. The molecular weight excluding hydrogens is 240 g/mol. The van der Waals surface area contributed by atoms with Crippen LogP contribution in [0, 0.1) is 0 Å². The van der Waals surface area contributed by atoms with E-state index in [9.17, 15) is 4.79 Å². The van der Waals surface area contributed by atoms with Crippen LogP contribution in [0.5, 0.6) is 0 Å². The van der Waals surface area contributed by atoms with Crippen LogP contribution in [0.25, 0.3) is 0 Å². The minimum Gasteiger partial charge on any atom is -0.339 e. The number of carbonyl (C=O) groups is 1. The van der Waals surface area contributed by atoms with E-state index in [2.05, 4.69) is 10.1 Å². The van der Waals surface area contributed by atoms with Crippen LogP contribution in [-0.4, -0.2) is 38.7 Å². The Kier molecular flexibility index (Phi) is 3.03. The summed E-state index contributed by atoms with van der Waals surface area (Å²) in [5.74, 6) is 0.492. The molecule has 5 nitrogen and oxygen atoms in total. The highest BCUT2D eigenvalue weighted by molar-refractivity contribution is 5.81. The molecular formula is C14H16N4O. The van der Waals surface area contributed by atoms with Gasteiger partial charge in [-0.25, -0.2) is 0 Å². The molecule has 0 saturated carbocycles. The van der Waals surface area contributed by atoms with E-state index >= 15 is 0 Å². The van der Waals surface area contributed by atoms with Crippen LogP contribution >= 0.6 is 0 Å². The third-order valence-corrected chi connectivity index (χ3v) is 3.58. The Morgan fingerprint density at radius 1 is 1.32 bits per heavy atom. The third kappa shape index (κ3) is 2.23. The summed E-state index contributed by atoms with van der Waals surface area (Å²) in [4.78, 5) is 18.4. The van der Waals surface area contributed by atoms with Crippen LogP contribution in [0.3, 0.4) is 0 Å². The van der Waals surface area contributed by atoms with Gasteiger partial charge in [-0.1, -0.05) is 6.07 Å². The molecule has 98 valence electrons. The zero-order chi connectivity index (χ0) is 13.2. The van der Waals surface area contributed by atoms with E-state index in [0.29, 0.717) is 5.92 Å². The van der Waals surface area contributed by atoms with E-state index in [1.54, 1.807) is 17.1 Å². The van der Waals surface area contributed by atoms with Crippen LogP contribution in [0.15, 0.2) is 42.9 Å². The molecule has 1 atom stereocenters. The van der Waals surface area contributed by atoms with Crippen molar-refractivity contribution in [2.75, 3.05) is 13.1 Å². The molecule has 19 heavy (non-hydrogen) atoms. The van der Waals surface area contributed by atoms with E-state index in [-0.39, 0.29) is 11.9 Å². The SMILES string of the molecule is C[C@@H](C(=O)N1CC(c2ccccn2)C1)n1cccn1. The van der Waals surface area contributed by atoms with Crippen LogP contribution in [0.4, 0.5) is 0 Å². The zero-order valence-electron chi connectivity index (χ0n) is 10.8. The summed E-state index contributed by atoms with van der Waals surface area (Å²) in [6.07, 6.45) is 5.31. The average molecular weight is 256 g/mol. The zero-order valence-corrected chi connectivity index (χ0v) is 10.8. The Morgan fingerprint density at radius 2 is 2.16 bits per heavy atom. The van der Waals surface area contributed by atoms with E-state index in [1.807, 2.05) is 42.3 Å². The van der Waals surface area contributed by atoms with Crippen LogP contribution in [0.2, 0.25) is 0 Å². The molecule has 1 aliphatic rings. The number of hydrogen-bond acceptors (Lipinski definition) is 3. The molecule has 1 fully saturated rings. The van der Waals surface area contributed by atoms with Gasteiger partial charge in [-0.05, 0) is 25.1 Å². The van der Waals surface area contributed by atoms with Crippen molar-refractivity contribution in [1.82, 2.24) is 19.7 Å². The summed E-state index contributed by atoms with van der Waals surface area (Å²) in [6.45, 7) is 3.38. The minimum absolute atomic E-state index is 0.121. The van der Waals surface area contributed by atoms with Crippen molar-refractivity contribution in [3.05, 3.63) is 48.5 Å². The second-order valence-corrected chi connectivity index (χ2v) is 4.86. The monoisotopic (exact) mass is 256 g/mol. The molecule has 3 heterocycles. The number of likely N-dealkylation sites (tertiary alicyclic amines) is 1. The number of aromatic nitrogens is 3. The Bertz CT molecular complexity index is 546. The summed E-state index contributed by atoms with van der Waals surface area (Å²) in [7, 11) is 0. The highest BCUT2D eigenvalue weighted by atomic mass is 16.2. The lowest BCUT2D eigenvalue weighted by atomic mass is 9.95. The maximum absolute atomic E-state index is 12.2. The Hall–Kier alpha value is -2.17. The first-order valence-corrected chi connectivity index (χ1v) is 6.44. The molecule has 0 aliphatic carbocycles. The van der Waals surface area contributed by atoms with Crippen molar-refractivity contribution in [2.24, 2.45) is 0 Å². The highest BCUT2D eigenvalue weighted by Crippen LogP contribution is 2.27. The summed E-state index contributed by atoms with van der Waals surface area (Å²) in [5, 5.41) is 4.11. The van der Waals surface area contributed by atoms with E-state index in [0.717, 1.165) is 18.8 Å². The minimum atomic E-state index is -0.236. The number of carbonyl (C=O) groups excluding carboxylic acids is 1. The van der Waals surface area contributed by atoms with Crippen LogP contribution < -0.4 is 0 Å². The molecule has 5 heteroatoms. The molecule has 1 amide bonds. The Morgan fingerprint density at radius 3 is 2.79 bits per heavy atom. The summed E-state index contributed by atoms with van der Waals surface area (Å²) >= 11 is 0. The first kappa shape index (κ1) is 11.9. The number of nitrogens with zero attached hydrogens (tertiary/aromatic N) is 4. The van der Waals surface area contributed by atoms with Crippen LogP contribution in [0.1, 0.15) is 24.6 Å². The maximum Gasteiger partial charge on any atom is 0.247 e. The second-order valence-electron chi connectivity index (χ2n) is 4.86. The van der Waals surface area contributed by atoms with E-state index in [1.165, 1.54) is 0 Å². The van der Waals surface area contributed by atoms with Gasteiger partial charge in [-0.15, -0.1) is 0 Å². The number of hydrogen-bond donors (Lipinski definition) is 0. The van der Waals surface area contributed by atoms with Crippen molar-refractivity contribution in [1.29, 1.82) is 0 Å². The lowest BCUT2D eigenvalue weighted by molar-refractivity contribution is -0.139. The topological polar surface area (TPSA) is 51.0 Å². The Labute approximate surface area is 111 Å². The van der Waals surface area contributed by atoms with Gasteiger partial charge >= 0.3 is 0 Å². The van der Waals surface area contributed by atoms with Gasteiger partial charge in [0.25, 0.3) is 0 Å². The normalized spacial score (nSPS) is 17.0. The second kappa shape index (κ2) is 4.84. The molecule has 3 rings (SSSR count). The van der Waals surface area contributed by atoms with Crippen molar-refractivity contribution >= 4 is 5.91 Å². The first-order valence-electron chi connectivity index (χ1n) is 6.44. The number of pyridine rings is 1. The fraction of sp³-hybridized carbons (Fsp3) is 0.357.